The van der Waals surface area contributed by atoms with Gasteiger partial charge in [0, 0.05) is 5.39 Å². The van der Waals surface area contributed by atoms with Gasteiger partial charge in [0.2, 0.25) is 0 Å². The van der Waals surface area contributed by atoms with Gasteiger partial charge in [-0.1, -0.05) is 67.6 Å². The van der Waals surface area contributed by atoms with Crippen LogP contribution in [0.4, 0.5) is 17.6 Å². The van der Waals surface area contributed by atoms with Crippen LogP contribution in [0.1, 0.15) is 29.2 Å². The molecule has 4 aromatic carbocycles. The van der Waals surface area contributed by atoms with Crippen LogP contribution in [0.5, 0.6) is 0 Å². The number of fused-ring (bicyclic) bond motifs is 1. The molecule has 0 aliphatic carbocycles. The van der Waals surface area contributed by atoms with Gasteiger partial charge >= 0.3 is 6.18 Å². The zero-order valence-corrected chi connectivity index (χ0v) is 17.1. The maximum atomic E-state index is 15.1. The predicted molar refractivity (Wildman–Crippen MR) is 118 cm³/mol. The molecule has 0 aliphatic rings. The van der Waals surface area contributed by atoms with E-state index >= 15 is 4.39 Å². The molecule has 0 amide bonds. The van der Waals surface area contributed by atoms with Crippen LogP contribution < -0.4 is 0 Å². The first kappa shape index (κ1) is 21.1. The van der Waals surface area contributed by atoms with Gasteiger partial charge < -0.3 is 0 Å². The fourth-order valence-electron chi connectivity index (χ4n) is 3.78. The minimum Gasteiger partial charge on any atom is -0.206 e. The van der Waals surface area contributed by atoms with E-state index in [4.69, 9.17) is 0 Å². The molecule has 0 aromatic heterocycles. The number of hydrogen-bond donors (Lipinski definition) is 0. The van der Waals surface area contributed by atoms with Crippen molar-refractivity contribution >= 4 is 10.8 Å². The number of rotatable bonds is 5. The highest BCUT2D eigenvalue weighted by molar-refractivity contribution is 5.88. The Hall–Kier alpha value is -3.14. The fourth-order valence-corrected chi connectivity index (χ4v) is 3.78. The second-order valence-electron chi connectivity index (χ2n) is 7.72. The molecular weight excluding hydrogens is 400 g/mol. The molecule has 0 bridgehead atoms. The molecule has 0 saturated heterocycles. The molecule has 0 saturated carbocycles. The number of aryl methyl sites for hydroxylation is 3. The average molecular weight is 422 g/mol. The molecule has 0 radical (unpaired) electrons. The van der Waals surface area contributed by atoms with E-state index in [0.717, 1.165) is 40.6 Å². The van der Waals surface area contributed by atoms with Gasteiger partial charge in [-0.05, 0) is 70.7 Å². The molecule has 4 heteroatoms. The van der Waals surface area contributed by atoms with Gasteiger partial charge in [-0.25, -0.2) is 4.39 Å². The Labute approximate surface area is 179 Å². The summed E-state index contributed by atoms with van der Waals surface area (Å²) in [6, 6.07) is 22.8. The smallest absolute Gasteiger partial charge is 0.206 e. The van der Waals surface area contributed by atoms with Crippen LogP contribution in [0.15, 0.2) is 78.9 Å². The molecule has 4 aromatic rings. The quantitative estimate of drug-likeness (QED) is 0.286. The van der Waals surface area contributed by atoms with Crippen molar-refractivity contribution in [3.05, 3.63) is 107 Å². The van der Waals surface area contributed by atoms with Crippen LogP contribution in [0.2, 0.25) is 0 Å². The maximum Gasteiger partial charge on any atom is 0.416 e. The molecule has 0 unspecified atom stereocenters. The Balaban J connectivity index is 1.53. The first-order valence-corrected chi connectivity index (χ1v) is 10.3. The van der Waals surface area contributed by atoms with Gasteiger partial charge in [0.25, 0.3) is 0 Å². The summed E-state index contributed by atoms with van der Waals surface area (Å²) in [6.45, 7) is 2.11. The molecule has 0 aliphatic heterocycles. The lowest BCUT2D eigenvalue weighted by Crippen LogP contribution is -2.04. The van der Waals surface area contributed by atoms with E-state index in [1.807, 2.05) is 18.2 Å². The Morgan fingerprint density at radius 3 is 1.97 bits per heavy atom. The Bertz CT molecular complexity index is 1190. The highest BCUT2D eigenvalue weighted by Gasteiger charge is 2.29. The summed E-state index contributed by atoms with van der Waals surface area (Å²) in [7, 11) is 0. The van der Waals surface area contributed by atoms with Crippen LogP contribution in [0, 0.1) is 5.82 Å². The van der Waals surface area contributed by atoms with Gasteiger partial charge in [-0.15, -0.1) is 0 Å². The first-order valence-electron chi connectivity index (χ1n) is 10.3. The van der Waals surface area contributed by atoms with Crippen LogP contribution in [0.25, 0.3) is 21.9 Å². The third-order valence-corrected chi connectivity index (χ3v) is 5.69. The highest BCUT2D eigenvalue weighted by atomic mass is 19.4. The third-order valence-electron chi connectivity index (χ3n) is 5.69. The third kappa shape index (κ3) is 4.63. The summed E-state index contributed by atoms with van der Waals surface area (Å²) >= 11 is 0. The summed E-state index contributed by atoms with van der Waals surface area (Å²) in [6.07, 6.45) is -2.46. The van der Waals surface area contributed by atoms with Gasteiger partial charge in [-0.3, -0.25) is 0 Å². The normalized spacial score (nSPS) is 11.8. The van der Waals surface area contributed by atoms with Gasteiger partial charge in [0.05, 0.1) is 5.56 Å². The molecule has 0 atom stereocenters. The molecule has 0 N–H and O–H groups in total. The van der Waals surface area contributed by atoms with Crippen LogP contribution >= 0.6 is 0 Å². The summed E-state index contributed by atoms with van der Waals surface area (Å²) in [5.41, 5.74) is 4.03. The molecule has 4 rings (SSSR count). The summed E-state index contributed by atoms with van der Waals surface area (Å²) < 4.78 is 53.2. The van der Waals surface area contributed by atoms with Crippen molar-refractivity contribution in [3.63, 3.8) is 0 Å². The monoisotopic (exact) mass is 422 g/mol. The van der Waals surface area contributed by atoms with Crippen molar-refractivity contribution in [2.45, 2.75) is 32.4 Å². The van der Waals surface area contributed by atoms with E-state index in [1.165, 1.54) is 17.7 Å². The average Bonchev–Trinajstić information content (AvgIpc) is 2.78. The Kier molecular flexibility index (Phi) is 5.81. The van der Waals surface area contributed by atoms with Gasteiger partial charge in [0.1, 0.15) is 5.82 Å². The van der Waals surface area contributed by atoms with Crippen molar-refractivity contribution < 1.29 is 17.6 Å². The van der Waals surface area contributed by atoms with E-state index in [0.29, 0.717) is 23.8 Å². The van der Waals surface area contributed by atoms with Crippen molar-refractivity contribution in [2.75, 3.05) is 0 Å². The topological polar surface area (TPSA) is 0 Å². The number of halogens is 4. The standard InChI is InChI=1S/C27H22F4/c1-2-18-3-8-20(9-4-18)22-13-16-25-23(17-22)12-11-21(26(25)28)10-5-19-6-14-24(15-7-19)27(29,30)31/h3-4,6-9,11-17H,2,5,10H2,1H3. The second kappa shape index (κ2) is 8.54. The molecule has 0 heterocycles. The summed E-state index contributed by atoms with van der Waals surface area (Å²) in [5, 5.41) is 1.38. The van der Waals surface area contributed by atoms with Crippen LogP contribution in [0.3, 0.4) is 0 Å². The van der Waals surface area contributed by atoms with E-state index < -0.39 is 11.7 Å². The Morgan fingerprint density at radius 2 is 1.32 bits per heavy atom. The van der Waals surface area contributed by atoms with Crippen molar-refractivity contribution in [1.29, 1.82) is 0 Å². The number of hydrogen-bond acceptors (Lipinski definition) is 0. The zero-order valence-electron chi connectivity index (χ0n) is 17.1. The molecular formula is C27H22F4. The van der Waals surface area contributed by atoms with E-state index in [-0.39, 0.29) is 5.82 Å². The lowest BCUT2D eigenvalue weighted by atomic mass is 9.96. The molecule has 0 nitrogen and oxygen atoms in total. The van der Waals surface area contributed by atoms with E-state index in [9.17, 15) is 13.2 Å². The minimum atomic E-state index is -4.35. The van der Waals surface area contributed by atoms with Gasteiger partial charge in [0.15, 0.2) is 0 Å². The van der Waals surface area contributed by atoms with Crippen molar-refractivity contribution in [1.82, 2.24) is 0 Å². The van der Waals surface area contributed by atoms with Crippen LogP contribution in [-0.2, 0) is 25.4 Å². The SMILES string of the molecule is CCc1ccc(-c2ccc3c(F)c(CCc4ccc(C(F)(F)F)cc4)ccc3c2)cc1. The lowest BCUT2D eigenvalue weighted by Gasteiger charge is -2.10. The molecule has 0 spiro atoms. The lowest BCUT2D eigenvalue weighted by molar-refractivity contribution is -0.137. The minimum absolute atomic E-state index is 0.266. The highest BCUT2D eigenvalue weighted by Crippen LogP contribution is 2.30. The van der Waals surface area contributed by atoms with Gasteiger partial charge in [-0.2, -0.15) is 13.2 Å². The largest absolute Gasteiger partial charge is 0.416 e. The predicted octanol–water partition coefficient (Wildman–Crippen LogP) is 8.01. The second-order valence-corrected chi connectivity index (χ2v) is 7.72. The fraction of sp³-hybridized carbons (Fsp3) is 0.185. The van der Waals surface area contributed by atoms with Crippen LogP contribution in [-0.4, -0.2) is 0 Å². The summed E-state index contributed by atoms with van der Waals surface area (Å²) in [4.78, 5) is 0. The molecule has 31 heavy (non-hydrogen) atoms. The molecule has 0 fully saturated rings. The molecule has 158 valence electrons. The Morgan fingerprint density at radius 1 is 0.677 bits per heavy atom. The number of alkyl halides is 3. The maximum absolute atomic E-state index is 15.1. The van der Waals surface area contributed by atoms with Crippen molar-refractivity contribution in [3.8, 4) is 11.1 Å². The van der Waals surface area contributed by atoms with Crippen molar-refractivity contribution in [2.24, 2.45) is 0 Å². The van der Waals surface area contributed by atoms with E-state index in [2.05, 4.69) is 31.2 Å². The number of benzene rings is 4. The summed E-state index contributed by atoms with van der Waals surface area (Å²) in [5.74, 6) is -0.266. The first-order chi connectivity index (χ1) is 14.8. The zero-order chi connectivity index (χ0) is 22.0. The van der Waals surface area contributed by atoms with E-state index in [1.54, 1.807) is 12.1 Å².